The summed E-state index contributed by atoms with van der Waals surface area (Å²) in [5.41, 5.74) is 0. The third-order valence-corrected chi connectivity index (χ3v) is 5.22. The summed E-state index contributed by atoms with van der Waals surface area (Å²) < 4.78 is 43.7. The molecule has 10 heteroatoms. The van der Waals surface area contributed by atoms with Crippen molar-refractivity contribution >= 4 is 16.9 Å². The number of ether oxygens (including phenoxy) is 8. The number of thioether (sulfide) groups is 1. The van der Waals surface area contributed by atoms with Gasteiger partial charge in [0, 0.05) is 12.1 Å². The van der Waals surface area contributed by atoms with Crippen LogP contribution >= 0.6 is 11.8 Å². The minimum absolute atomic E-state index is 0.0128. The van der Waals surface area contributed by atoms with E-state index >= 15 is 0 Å². The van der Waals surface area contributed by atoms with E-state index in [2.05, 4.69) is 0 Å². The van der Waals surface area contributed by atoms with Crippen LogP contribution in [-0.2, 0) is 23.7 Å². The van der Waals surface area contributed by atoms with Gasteiger partial charge in [-0.1, -0.05) is 11.8 Å². The van der Waals surface area contributed by atoms with Crippen LogP contribution in [-0.4, -0.2) is 77.3 Å². The first-order chi connectivity index (χ1) is 14.1. The zero-order chi connectivity index (χ0) is 20.6. The number of methoxy groups -OCH3 is 3. The van der Waals surface area contributed by atoms with E-state index in [1.165, 1.54) is 0 Å². The molecule has 2 heterocycles. The van der Waals surface area contributed by atoms with Gasteiger partial charge >= 0.3 is 0 Å². The van der Waals surface area contributed by atoms with Gasteiger partial charge in [-0.15, -0.1) is 0 Å². The summed E-state index contributed by atoms with van der Waals surface area (Å²) in [6, 6.07) is 3.44. The molecule has 29 heavy (non-hydrogen) atoms. The largest absolute Gasteiger partial charge is 0.493 e. The summed E-state index contributed by atoms with van der Waals surface area (Å²) in [6.45, 7) is 1.74. The molecule has 2 saturated heterocycles. The van der Waals surface area contributed by atoms with Crippen molar-refractivity contribution in [1.82, 2.24) is 0 Å². The van der Waals surface area contributed by atoms with E-state index in [1.807, 2.05) is 0 Å². The van der Waals surface area contributed by atoms with Gasteiger partial charge in [0.2, 0.25) is 5.75 Å². The maximum atomic E-state index is 12.0. The zero-order valence-corrected chi connectivity index (χ0v) is 17.5. The van der Waals surface area contributed by atoms with Gasteiger partial charge in [-0.05, 0) is 0 Å². The Balaban J connectivity index is 1.42. The molecule has 2 unspecified atom stereocenters. The van der Waals surface area contributed by atoms with Gasteiger partial charge in [0.1, 0.15) is 18.5 Å². The normalized spacial score (nSPS) is 21.9. The van der Waals surface area contributed by atoms with Crippen molar-refractivity contribution in [3.05, 3.63) is 12.1 Å². The monoisotopic (exact) mass is 430 g/mol. The highest BCUT2D eigenvalue weighted by molar-refractivity contribution is 8.13. The Hall–Kier alpha value is -1.72. The topological polar surface area (TPSA) is 90.9 Å². The van der Waals surface area contributed by atoms with Crippen molar-refractivity contribution < 1.29 is 42.7 Å². The molecule has 2 aliphatic heterocycles. The first kappa shape index (κ1) is 22.0. The third kappa shape index (κ3) is 6.13. The summed E-state index contributed by atoms with van der Waals surface area (Å²) in [7, 11) is 4.63. The molecule has 9 nitrogen and oxygen atoms in total. The van der Waals surface area contributed by atoms with Gasteiger partial charge < -0.3 is 37.9 Å². The van der Waals surface area contributed by atoms with E-state index in [1.54, 1.807) is 33.5 Å². The molecule has 2 atom stereocenters. The van der Waals surface area contributed by atoms with Crippen LogP contribution in [0.3, 0.4) is 0 Å². The van der Waals surface area contributed by atoms with Crippen LogP contribution < -0.4 is 18.9 Å². The van der Waals surface area contributed by atoms with Crippen molar-refractivity contribution in [1.29, 1.82) is 0 Å². The molecule has 0 spiro atoms. The van der Waals surface area contributed by atoms with Crippen LogP contribution in [0.4, 0.5) is 0 Å². The number of benzene rings is 1. The van der Waals surface area contributed by atoms with E-state index in [9.17, 15) is 4.79 Å². The molecule has 1 aromatic carbocycles. The maximum absolute atomic E-state index is 12.0. The van der Waals surface area contributed by atoms with Gasteiger partial charge in [-0.25, -0.2) is 0 Å². The highest BCUT2D eigenvalue weighted by atomic mass is 32.2. The Morgan fingerprint density at radius 1 is 1.03 bits per heavy atom. The predicted octanol–water partition coefficient (Wildman–Crippen LogP) is 1.86. The van der Waals surface area contributed by atoms with Crippen LogP contribution in [0, 0.1) is 0 Å². The third-order valence-electron chi connectivity index (χ3n) is 4.29. The zero-order valence-electron chi connectivity index (χ0n) is 16.7. The average Bonchev–Trinajstić information content (AvgIpc) is 3.41. The second-order valence-electron chi connectivity index (χ2n) is 6.25. The van der Waals surface area contributed by atoms with Gasteiger partial charge in [0.05, 0.1) is 53.3 Å². The van der Waals surface area contributed by atoms with Crippen molar-refractivity contribution in [3.63, 3.8) is 0 Å². The van der Waals surface area contributed by atoms with E-state index in [0.717, 1.165) is 11.8 Å². The fourth-order valence-corrected chi connectivity index (χ4v) is 3.64. The van der Waals surface area contributed by atoms with Crippen molar-refractivity contribution in [2.24, 2.45) is 0 Å². The lowest BCUT2D eigenvalue weighted by atomic mass is 10.2. The van der Waals surface area contributed by atoms with E-state index in [0.29, 0.717) is 48.6 Å². The number of carbonyl (C=O) groups is 1. The number of hydrogen-bond acceptors (Lipinski definition) is 10. The average molecular weight is 430 g/mol. The molecule has 0 aromatic heterocycles. The van der Waals surface area contributed by atoms with Crippen LogP contribution in [0.15, 0.2) is 12.1 Å². The maximum Gasteiger partial charge on any atom is 0.203 e. The van der Waals surface area contributed by atoms with Crippen LogP contribution in [0.5, 0.6) is 23.0 Å². The van der Waals surface area contributed by atoms with Gasteiger partial charge in [-0.3, -0.25) is 4.79 Å². The Bertz CT molecular complexity index is 653. The SMILES string of the molecule is COc1cc(OCC2COC(CSC(=O)CC3OCCO3)O2)cc(OC)c1OC. The summed E-state index contributed by atoms with van der Waals surface area (Å²) in [4.78, 5) is 12.0. The molecule has 162 valence electrons. The number of carbonyl (C=O) groups excluding carboxylic acids is 1. The Labute approximate surface area is 173 Å². The highest BCUT2D eigenvalue weighted by Crippen LogP contribution is 2.40. The van der Waals surface area contributed by atoms with E-state index in [-0.39, 0.29) is 24.2 Å². The van der Waals surface area contributed by atoms with Gasteiger partial charge in [-0.2, -0.15) is 0 Å². The van der Waals surface area contributed by atoms with E-state index in [4.69, 9.17) is 37.9 Å². The fraction of sp³-hybridized carbons (Fsp3) is 0.632. The molecule has 0 saturated carbocycles. The summed E-state index contributed by atoms with van der Waals surface area (Å²) in [5, 5.41) is -0.0128. The molecule has 2 fully saturated rings. The summed E-state index contributed by atoms with van der Waals surface area (Å²) in [5.74, 6) is 2.49. The molecule has 0 amide bonds. The highest BCUT2D eigenvalue weighted by Gasteiger charge is 2.28. The lowest BCUT2D eigenvalue weighted by Gasteiger charge is -2.16. The smallest absolute Gasteiger partial charge is 0.203 e. The summed E-state index contributed by atoms with van der Waals surface area (Å²) >= 11 is 1.15. The van der Waals surface area contributed by atoms with Crippen molar-refractivity contribution in [2.75, 3.05) is 53.5 Å². The molecule has 0 aliphatic carbocycles. The minimum Gasteiger partial charge on any atom is -0.493 e. The second kappa shape index (κ2) is 10.9. The lowest BCUT2D eigenvalue weighted by molar-refractivity contribution is -0.119. The standard InChI is InChI=1S/C19H26O9S/c1-21-14-6-12(7-15(22-2)19(14)23-3)26-9-13-10-27-18(28-13)11-29-16(20)8-17-24-4-5-25-17/h6-7,13,17-18H,4-5,8-11H2,1-3H3. The second-order valence-corrected chi connectivity index (χ2v) is 7.33. The predicted molar refractivity (Wildman–Crippen MR) is 104 cm³/mol. The van der Waals surface area contributed by atoms with Gasteiger partial charge in [0.15, 0.2) is 29.2 Å². The first-order valence-electron chi connectivity index (χ1n) is 9.21. The Kier molecular flexibility index (Phi) is 8.25. The quantitative estimate of drug-likeness (QED) is 0.548. The molecule has 2 aliphatic rings. The van der Waals surface area contributed by atoms with Crippen LogP contribution in [0.1, 0.15) is 6.42 Å². The fourth-order valence-electron chi connectivity index (χ4n) is 2.89. The van der Waals surface area contributed by atoms with Crippen LogP contribution in [0.2, 0.25) is 0 Å². The molecule has 0 radical (unpaired) electrons. The molecular formula is C19H26O9S. The number of hydrogen-bond donors (Lipinski definition) is 0. The lowest BCUT2D eigenvalue weighted by Crippen LogP contribution is -2.22. The van der Waals surface area contributed by atoms with Gasteiger partial charge in [0.25, 0.3) is 0 Å². The molecule has 0 N–H and O–H groups in total. The van der Waals surface area contributed by atoms with Crippen LogP contribution in [0.25, 0.3) is 0 Å². The molecule has 0 bridgehead atoms. The van der Waals surface area contributed by atoms with Crippen molar-refractivity contribution in [3.8, 4) is 23.0 Å². The molecule has 3 rings (SSSR count). The first-order valence-corrected chi connectivity index (χ1v) is 10.2. The summed E-state index contributed by atoms with van der Waals surface area (Å²) in [6.07, 6.45) is -0.898. The molecular weight excluding hydrogens is 404 g/mol. The minimum atomic E-state index is -0.456. The Morgan fingerprint density at radius 3 is 2.34 bits per heavy atom. The number of rotatable bonds is 10. The van der Waals surface area contributed by atoms with Crippen molar-refractivity contribution in [2.45, 2.75) is 25.1 Å². The van der Waals surface area contributed by atoms with E-state index < -0.39 is 12.6 Å². The molecule has 1 aromatic rings. The Morgan fingerprint density at radius 2 is 1.72 bits per heavy atom.